The van der Waals surface area contributed by atoms with Gasteiger partial charge in [0.05, 0.1) is 0 Å². The van der Waals surface area contributed by atoms with Gasteiger partial charge in [0.2, 0.25) is 0 Å². The standard InChI is InChI=1S/C6H6.C4H12N2/c1-2-4-6-5-3-1;5-3-1-2-4-6/h1-6H;1-6H2. The van der Waals surface area contributed by atoms with E-state index in [9.17, 15) is 0 Å². The number of hydrogen-bond acceptors (Lipinski definition) is 2. The molecular formula is C10H18N2. The molecule has 0 spiro atoms. The van der Waals surface area contributed by atoms with Gasteiger partial charge >= 0.3 is 0 Å². The maximum Gasteiger partial charge on any atom is -0.00768 e. The van der Waals surface area contributed by atoms with E-state index in [0.29, 0.717) is 0 Å². The van der Waals surface area contributed by atoms with Gasteiger partial charge in [-0.25, -0.2) is 0 Å². The maximum atomic E-state index is 5.16. The van der Waals surface area contributed by atoms with Crippen molar-refractivity contribution in [3.05, 3.63) is 36.4 Å². The maximum absolute atomic E-state index is 5.16. The second-order valence-corrected chi connectivity index (χ2v) is 2.44. The molecule has 2 heteroatoms. The first kappa shape index (κ1) is 11.1. The van der Waals surface area contributed by atoms with Gasteiger partial charge < -0.3 is 11.5 Å². The van der Waals surface area contributed by atoms with Gasteiger partial charge in [0.1, 0.15) is 0 Å². The van der Waals surface area contributed by atoms with E-state index in [1.54, 1.807) is 0 Å². The average molecular weight is 166 g/mol. The van der Waals surface area contributed by atoms with Gasteiger partial charge in [-0.1, -0.05) is 36.4 Å². The fourth-order valence-corrected chi connectivity index (χ4v) is 0.674. The summed E-state index contributed by atoms with van der Waals surface area (Å²) in [7, 11) is 0. The molecule has 0 atom stereocenters. The second-order valence-electron chi connectivity index (χ2n) is 2.44. The summed E-state index contributed by atoms with van der Waals surface area (Å²) in [6.45, 7) is 1.55. The lowest BCUT2D eigenvalue weighted by Crippen LogP contribution is -2.03. The molecule has 12 heavy (non-hydrogen) atoms. The lowest BCUT2D eigenvalue weighted by Gasteiger charge is -1.87. The van der Waals surface area contributed by atoms with E-state index in [2.05, 4.69) is 0 Å². The van der Waals surface area contributed by atoms with Crippen molar-refractivity contribution in [2.45, 2.75) is 12.8 Å². The first-order valence-electron chi connectivity index (χ1n) is 4.32. The van der Waals surface area contributed by atoms with Crippen LogP contribution in [-0.2, 0) is 0 Å². The zero-order valence-corrected chi connectivity index (χ0v) is 7.45. The summed E-state index contributed by atoms with van der Waals surface area (Å²) >= 11 is 0. The van der Waals surface area contributed by atoms with Gasteiger partial charge in [0, 0.05) is 0 Å². The van der Waals surface area contributed by atoms with Crippen molar-refractivity contribution in [3.63, 3.8) is 0 Å². The third-order valence-electron chi connectivity index (χ3n) is 1.32. The smallest absolute Gasteiger partial charge is 0.00768 e. The minimum absolute atomic E-state index is 0.775. The molecule has 0 aliphatic carbocycles. The molecule has 4 N–H and O–H groups in total. The Bertz CT molecular complexity index is 120. The third kappa shape index (κ3) is 9.14. The van der Waals surface area contributed by atoms with Crippen LogP contribution in [0, 0.1) is 0 Å². The third-order valence-corrected chi connectivity index (χ3v) is 1.32. The zero-order valence-electron chi connectivity index (χ0n) is 7.45. The molecular weight excluding hydrogens is 148 g/mol. The summed E-state index contributed by atoms with van der Waals surface area (Å²) in [4.78, 5) is 0. The largest absolute Gasteiger partial charge is 0.330 e. The van der Waals surface area contributed by atoms with Gasteiger partial charge in [-0.05, 0) is 25.9 Å². The number of unbranched alkanes of at least 4 members (excludes halogenated alkanes) is 1. The van der Waals surface area contributed by atoms with E-state index in [-0.39, 0.29) is 0 Å². The summed E-state index contributed by atoms with van der Waals surface area (Å²) in [6, 6.07) is 12.0. The van der Waals surface area contributed by atoms with E-state index in [0.717, 1.165) is 25.9 Å². The number of benzene rings is 1. The van der Waals surface area contributed by atoms with Crippen LogP contribution in [0.1, 0.15) is 12.8 Å². The van der Waals surface area contributed by atoms with Gasteiger partial charge in [0.25, 0.3) is 0 Å². The predicted octanol–water partition coefficient (Wildman–Crippen LogP) is 1.37. The minimum Gasteiger partial charge on any atom is -0.330 e. The van der Waals surface area contributed by atoms with Crippen LogP contribution >= 0.6 is 0 Å². The van der Waals surface area contributed by atoms with Crippen LogP contribution in [0.25, 0.3) is 0 Å². The Kier molecular flexibility index (Phi) is 9.41. The predicted molar refractivity (Wildman–Crippen MR) is 53.8 cm³/mol. The molecule has 0 aliphatic rings. The summed E-state index contributed by atoms with van der Waals surface area (Å²) in [5.41, 5.74) is 10.3. The quantitative estimate of drug-likeness (QED) is 0.666. The molecule has 0 aliphatic heterocycles. The van der Waals surface area contributed by atoms with E-state index in [1.165, 1.54) is 0 Å². The van der Waals surface area contributed by atoms with Crippen LogP contribution in [-0.4, -0.2) is 13.1 Å². The van der Waals surface area contributed by atoms with Crippen LogP contribution in [0.4, 0.5) is 0 Å². The highest BCUT2D eigenvalue weighted by Crippen LogP contribution is 1.80. The van der Waals surface area contributed by atoms with Crippen molar-refractivity contribution < 1.29 is 0 Å². The Labute approximate surface area is 74.6 Å². The van der Waals surface area contributed by atoms with Crippen molar-refractivity contribution in [2.75, 3.05) is 13.1 Å². The van der Waals surface area contributed by atoms with E-state index >= 15 is 0 Å². The molecule has 1 rings (SSSR count). The monoisotopic (exact) mass is 166 g/mol. The molecule has 0 saturated heterocycles. The Hall–Kier alpha value is -0.860. The molecule has 0 unspecified atom stereocenters. The number of nitrogens with two attached hydrogens (primary N) is 2. The minimum atomic E-state index is 0.775. The van der Waals surface area contributed by atoms with Crippen molar-refractivity contribution in [1.82, 2.24) is 0 Å². The molecule has 0 saturated carbocycles. The molecule has 68 valence electrons. The molecule has 2 nitrogen and oxygen atoms in total. The fraction of sp³-hybridized carbons (Fsp3) is 0.400. The lowest BCUT2D eigenvalue weighted by molar-refractivity contribution is 0.755. The number of hydrogen-bond donors (Lipinski definition) is 2. The summed E-state index contributed by atoms with van der Waals surface area (Å²) in [5.74, 6) is 0. The van der Waals surface area contributed by atoms with Crippen molar-refractivity contribution in [2.24, 2.45) is 11.5 Å². The summed E-state index contributed by atoms with van der Waals surface area (Å²) in [6.07, 6.45) is 2.13. The van der Waals surface area contributed by atoms with Crippen LogP contribution in [0.15, 0.2) is 36.4 Å². The fourth-order valence-electron chi connectivity index (χ4n) is 0.674. The van der Waals surface area contributed by atoms with Crippen LogP contribution in [0.5, 0.6) is 0 Å². The first-order valence-corrected chi connectivity index (χ1v) is 4.32. The topological polar surface area (TPSA) is 52.0 Å². The zero-order chi connectivity index (χ0) is 9.07. The molecule has 1 aromatic rings. The molecule has 0 aromatic heterocycles. The molecule has 0 radical (unpaired) electrons. The SMILES string of the molecule is NCCCCN.c1ccccc1. The first-order chi connectivity index (χ1) is 5.91. The second kappa shape index (κ2) is 10.1. The van der Waals surface area contributed by atoms with Gasteiger partial charge in [-0.2, -0.15) is 0 Å². The van der Waals surface area contributed by atoms with E-state index in [4.69, 9.17) is 11.5 Å². The highest BCUT2D eigenvalue weighted by molar-refractivity contribution is 4.99. The van der Waals surface area contributed by atoms with Crippen LogP contribution in [0.3, 0.4) is 0 Å². The van der Waals surface area contributed by atoms with E-state index in [1.807, 2.05) is 36.4 Å². The molecule has 0 bridgehead atoms. The van der Waals surface area contributed by atoms with Crippen molar-refractivity contribution in [1.29, 1.82) is 0 Å². The van der Waals surface area contributed by atoms with Crippen molar-refractivity contribution >= 4 is 0 Å². The Morgan fingerprint density at radius 2 is 0.833 bits per heavy atom. The molecule has 0 amide bonds. The van der Waals surface area contributed by atoms with Crippen LogP contribution in [0.2, 0.25) is 0 Å². The highest BCUT2D eigenvalue weighted by Gasteiger charge is 1.75. The average Bonchev–Trinajstić information content (AvgIpc) is 2.18. The lowest BCUT2D eigenvalue weighted by atomic mass is 10.3. The molecule has 0 heterocycles. The van der Waals surface area contributed by atoms with Gasteiger partial charge in [-0.15, -0.1) is 0 Å². The normalized spacial score (nSPS) is 8.50. The van der Waals surface area contributed by atoms with Crippen molar-refractivity contribution in [3.8, 4) is 0 Å². The van der Waals surface area contributed by atoms with Gasteiger partial charge in [-0.3, -0.25) is 0 Å². The Morgan fingerprint density at radius 1 is 0.583 bits per heavy atom. The molecule has 1 aromatic carbocycles. The van der Waals surface area contributed by atoms with Gasteiger partial charge in [0.15, 0.2) is 0 Å². The molecule has 0 fully saturated rings. The summed E-state index contributed by atoms with van der Waals surface area (Å²) in [5, 5.41) is 0. The van der Waals surface area contributed by atoms with Crippen LogP contribution < -0.4 is 11.5 Å². The van der Waals surface area contributed by atoms with E-state index < -0.39 is 0 Å². The Morgan fingerprint density at radius 3 is 1.00 bits per heavy atom. The highest BCUT2D eigenvalue weighted by atomic mass is 14.5. The Balaban J connectivity index is 0.000000202. The summed E-state index contributed by atoms with van der Waals surface area (Å²) < 4.78 is 0. The number of rotatable bonds is 3.